The van der Waals surface area contributed by atoms with Crippen LogP contribution in [0.15, 0.2) is 12.4 Å². The fourth-order valence-electron chi connectivity index (χ4n) is 1.05. The van der Waals surface area contributed by atoms with Gasteiger partial charge in [0.25, 0.3) is 5.91 Å². The molecule has 6 heteroatoms. The normalized spacial score (nSPS) is 10.2. The van der Waals surface area contributed by atoms with E-state index in [9.17, 15) is 4.79 Å². The molecule has 0 fully saturated rings. The van der Waals surface area contributed by atoms with Crippen LogP contribution in [0.4, 0.5) is 5.82 Å². The van der Waals surface area contributed by atoms with Crippen molar-refractivity contribution < 1.29 is 4.79 Å². The number of hydrogen-bond donors (Lipinski definition) is 2. The first-order chi connectivity index (χ1) is 7.63. The van der Waals surface area contributed by atoms with Gasteiger partial charge in [0.1, 0.15) is 11.5 Å². The van der Waals surface area contributed by atoms with Gasteiger partial charge in [-0.2, -0.15) is 0 Å². The number of carbonyl (C=O) groups is 1. The van der Waals surface area contributed by atoms with Gasteiger partial charge in [-0.1, -0.05) is 6.92 Å². The van der Waals surface area contributed by atoms with Crippen molar-refractivity contribution in [2.24, 2.45) is 0 Å². The molecule has 1 amide bonds. The molecule has 0 saturated heterocycles. The Labute approximate surface area is 95.1 Å². The van der Waals surface area contributed by atoms with Gasteiger partial charge in [0.2, 0.25) is 0 Å². The van der Waals surface area contributed by atoms with E-state index in [-0.39, 0.29) is 5.91 Å². The van der Waals surface area contributed by atoms with Crippen LogP contribution in [0.2, 0.25) is 0 Å². The number of nitrogens with one attached hydrogen (secondary N) is 2. The molecule has 0 aliphatic heterocycles. The molecule has 88 valence electrons. The third-order valence-corrected chi connectivity index (χ3v) is 1.77. The van der Waals surface area contributed by atoms with Crippen LogP contribution >= 0.6 is 0 Å². The van der Waals surface area contributed by atoms with Crippen molar-refractivity contribution in [1.82, 2.24) is 20.4 Å². The van der Waals surface area contributed by atoms with Crippen LogP contribution in [0.1, 0.15) is 23.8 Å². The second kappa shape index (κ2) is 6.02. The molecule has 1 aromatic heterocycles. The van der Waals surface area contributed by atoms with Crippen molar-refractivity contribution in [1.29, 1.82) is 0 Å². The Hall–Kier alpha value is -1.69. The van der Waals surface area contributed by atoms with Crippen LogP contribution in [0, 0.1) is 0 Å². The number of nitrogens with zero attached hydrogens (tertiary/aromatic N) is 3. The summed E-state index contributed by atoms with van der Waals surface area (Å²) in [6.07, 6.45) is 4.03. The molecule has 0 bridgehead atoms. The lowest BCUT2D eigenvalue weighted by molar-refractivity contribution is 0.0851. The monoisotopic (exact) mass is 223 g/mol. The lowest BCUT2D eigenvalue weighted by Gasteiger charge is -2.11. The molecule has 1 aromatic rings. The van der Waals surface area contributed by atoms with E-state index in [0.717, 1.165) is 13.0 Å². The number of carbonyl (C=O) groups excluding carboxylic acids is 1. The minimum Gasteiger partial charge on any atom is -0.369 e. The minimum absolute atomic E-state index is 0.264. The Morgan fingerprint density at radius 3 is 2.62 bits per heavy atom. The Balaban J connectivity index is 2.60. The first kappa shape index (κ1) is 12.4. The average Bonchev–Trinajstić information content (AvgIpc) is 2.26. The van der Waals surface area contributed by atoms with Crippen LogP contribution in [0.5, 0.6) is 0 Å². The summed E-state index contributed by atoms with van der Waals surface area (Å²) in [6, 6.07) is 0. The average molecular weight is 223 g/mol. The maximum atomic E-state index is 11.5. The van der Waals surface area contributed by atoms with Crippen LogP contribution < -0.4 is 10.7 Å². The summed E-state index contributed by atoms with van der Waals surface area (Å²) in [4.78, 5) is 19.6. The summed E-state index contributed by atoms with van der Waals surface area (Å²) in [5.74, 6) is 0.419. The Bertz CT molecular complexity index is 336. The number of aromatic nitrogens is 2. The molecular formula is C10H17N5O. The van der Waals surface area contributed by atoms with E-state index >= 15 is 0 Å². The fraction of sp³-hybridized carbons (Fsp3) is 0.500. The maximum Gasteiger partial charge on any atom is 0.285 e. The predicted octanol–water partition coefficient (Wildman–Crippen LogP) is 0.505. The van der Waals surface area contributed by atoms with Gasteiger partial charge in [-0.05, 0) is 6.42 Å². The van der Waals surface area contributed by atoms with Gasteiger partial charge in [-0.3, -0.25) is 10.2 Å². The highest BCUT2D eigenvalue weighted by atomic mass is 16.2. The first-order valence-electron chi connectivity index (χ1n) is 5.17. The fourth-order valence-corrected chi connectivity index (χ4v) is 1.05. The van der Waals surface area contributed by atoms with Crippen LogP contribution in [0.3, 0.4) is 0 Å². The Morgan fingerprint density at radius 1 is 1.38 bits per heavy atom. The number of anilines is 1. The number of hydrazine groups is 1. The second-order valence-corrected chi connectivity index (χ2v) is 3.55. The molecular weight excluding hydrogens is 206 g/mol. The standard InChI is InChI=1S/C10H17N5O/c1-4-5-11-9-7-12-8(6-13-9)10(16)14-15(2)3/h6-7H,4-5H2,1-3H3,(H,11,13)(H,14,16). The molecule has 0 saturated carbocycles. The summed E-state index contributed by atoms with van der Waals surface area (Å²) < 4.78 is 0. The van der Waals surface area contributed by atoms with E-state index in [2.05, 4.69) is 27.6 Å². The van der Waals surface area contributed by atoms with Crippen molar-refractivity contribution in [2.75, 3.05) is 26.0 Å². The zero-order valence-electron chi connectivity index (χ0n) is 9.82. The molecule has 1 heterocycles. The van der Waals surface area contributed by atoms with Crippen molar-refractivity contribution in [3.05, 3.63) is 18.1 Å². The van der Waals surface area contributed by atoms with Crippen molar-refractivity contribution in [3.63, 3.8) is 0 Å². The Kier molecular flexibility index (Phi) is 4.65. The van der Waals surface area contributed by atoms with Crippen molar-refractivity contribution >= 4 is 11.7 Å². The third kappa shape index (κ3) is 3.82. The van der Waals surface area contributed by atoms with Gasteiger partial charge in [0, 0.05) is 20.6 Å². The molecule has 0 aliphatic carbocycles. The summed E-state index contributed by atoms with van der Waals surface area (Å²) in [5.41, 5.74) is 2.89. The van der Waals surface area contributed by atoms with E-state index in [4.69, 9.17) is 0 Å². The molecule has 0 spiro atoms. The zero-order valence-corrected chi connectivity index (χ0v) is 9.82. The molecule has 6 nitrogen and oxygen atoms in total. The quantitative estimate of drug-likeness (QED) is 0.711. The van der Waals surface area contributed by atoms with Gasteiger partial charge in [0.05, 0.1) is 12.4 Å². The van der Waals surface area contributed by atoms with Crippen LogP contribution in [-0.2, 0) is 0 Å². The number of hydrogen-bond acceptors (Lipinski definition) is 5. The molecule has 16 heavy (non-hydrogen) atoms. The Morgan fingerprint density at radius 2 is 2.12 bits per heavy atom. The number of amides is 1. The van der Waals surface area contributed by atoms with Crippen LogP contribution in [0.25, 0.3) is 0 Å². The summed E-state index contributed by atoms with van der Waals surface area (Å²) in [5, 5.41) is 4.65. The van der Waals surface area contributed by atoms with E-state index < -0.39 is 0 Å². The van der Waals surface area contributed by atoms with E-state index in [0.29, 0.717) is 11.5 Å². The number of rotatable bonds is 5. The molecule has 1 rings (SSSR count). The van der Waals surface area contributed by atoms with E-state index in [1.165, 1.54) is 6.20 Å². The third-order valence-electron chi connectivity index (χ3n) is 1.77. The molecule has 0 aliphatic rings. The molecule has 0 unspecified atom stereocenters. The lowest BCUT2D eigenvalue weighted by Crippen LogP contribution is -2.36. The van der Waals surface area contributed by atoms with Gasteiger partial charge in [0.15, 0.2) is 0 Å². The summed E-state index contributed by atoms with van der Waals surface area (Å²) in [7, 11) is 3.48. The first-order valence-corrected chi connectivity index (χ1v) is 5.17. The van der Waals surface area contributed by atoms with Gasteiger partial charge < -0.3 is 5.32 Å². The largest absolute Gasteiger partial charge is 0.369 e. The molecule has 0 atom stereocenters. The summed E-state index contributed by atoms with van der Waals surface area (Å²) >= 11 is 0. The second-order valence-electron chi connectivity index (χ2n) is 3.55. The van der Waals surface area contributed by atoms with Gasteiger partial charge >= 0.3 is 0 Å². The topological polar surface area (TPSA) is 70.2 Å². The maximum absolute atomic E-state index is 11.5. The van der Waals surface area contributed by atoms with Gasteiger partial charge in [-0.25, -0.2) is 15.0 Å². The highest BCUT2D eigenvalue weighted by Crippen LogP contribution is 2.00. The molecule has 0 radical (unpaired) electrons. The predicted molar refractivity (Wildman–Crippen MR) is 62.0 cm³/mol. The molecule has 2 N–H and O–H groups in total. The minimum atomic E-state index is -0.264. The smallest absolute Gasteiger partial charge is 0.285 e. The van der Waals surface area contributed by atoms with Gasteiger partial charge in [-0.15, -0.1) is 0 Å². The van der Waals surface area contributed by atoms with Crippen molar-refractivity contribution in [2.45, 2.75) is 13.3 Å². The SMILES string of the molecule is CCCNc1cnc(C(=O)NN(C)C)cn1. The van der Waals surface area contributed by atoms with E-state index in [1.807, 2.05) is 0 Å². The highest BCUT2D eigenvalue weighted by Gasteiger charge is 2.07. The van der Waals surface area contributed by atoms with E-state index in [1.54, 1.807) is 25.3 Å². The summed E-state index contributed by atoms with van der Waals surface area (Å²) in [6.45, 7) is 2.91. The molecule has 0 aromatic carbocycles. The van der Waals surface area contributed by atoms with Crippen LogP contribution in [-0.4, -0.2) is 41.5 Å². The lowest BCUT2D eigenvalue weighted by atomic mass is 10.4. The van der Waals surface area contributed by atoms with Crippen molar-refractivity contribution in [3.8, 4) is 0 Å². The zero-order chi connectivity index (χ0) is 12.0. The highest BCUT2D eigenvalue weighted by molar-refractivity contribution is 5.91.